The summed E-state index contributed by atoms with van der Waals surface area (Å²) in [6.45, 7) is 0. The number of nitrogens with one attached hydrogen (secondary N) is 1. The van der Waals surface area contributed by atoms with Crippen LogP contribution in [0.5, 0.6) is 0 Å². The Bertz CT molecular complexity index is 434. The molecule has 1 aliphatic rings. The van der Waals surface area contributed by atoms with Crippen LogP contribution in [0.1, 0.15) is 48.2 Å². The lowest BCUT2D eigenvalue weighted by molar-refractivity contribution is -0.148. The quantitative estimate of drug-likeness (QED) is 0.684. The SMILES string of the molecule is COC(=O)C1(NC(=O)c2cccs2)CCCCCC1. The maximum atomic E-state index is 12.2. The molecule has 0 radical (unpaired) electrons. The highest BCUT2D eigenvalue weighted by Crippen LogP contribution is 2.29. The molecule has 0 bridgehead atoms. The molecule has 1 aromatic rings. The molecule has 0 aliphatic heterocycles. The third-order valence-corrected chi connectivity index (χ3v) is 4.50. The summed E-state index contributed by atoms with van der Waals surface area (Å²) < 4.78 is 4.92. The van der Waals surface area contributed by atoms with Crippen LogP contribution in [0.3, 0.4) is 0 Å². The zero-order valence-electron chi connectivity index (χ0n) is 11.1. The number of hydrogen-bond acceptors (Lipinski definition) is 4. The summed E-state index contributed by atoms with van der Waals surface area (Å²) in [7, 11) is 1.38. The maximum Gasteiger partial charge on any atom is 0.331 e. The molecule has 5 heteroatoms. The van der Waals surface area contributed by atoms with Crippen molar-refractivity contribution in [2.75, 3.05) is 7.11 Å². The van der Waals surface area contributed by atoms with Crippen LogP contribution in [0.2, 0.25) is 0 Å². The predicted molar refractivity (Wildman–Crippen MR) is 74.2 cm³/mol. The van der Waals surface area contributed by atoms with E-state index in [9.17, 15) is 9.59 Å². The molecular weight excluding hydrogens is 262 g/mol. The van der Waals surface area contributed by atoms with Crippen LogP contribution < -0.4 is 5.32 Å². The van der Waals surface area contributed by atoms with Crippen LogP contribution in [0, 0.1) is 0 Å². The highest BCUT2D eigenvalue weighted by molar-refractivity contribution is 7.12. The zero-order valence-corrected chi connectivity index (χ0v) is 11.9. The first kappa shape index (κ1) is 14.1. The van der Waals surface area contributed by atoms with Gasteiger partial charge in [0, 0.05) is 0 Å². The van der Waals surface area contributed by atoms with Crippen molar-refractivity contribution in [3.8, 4) is 0 Å². The number of esters is 1. The third-order valence-electron chi connectivity index (χ3n) is 3.63. The van der Waals surface area contributed by atoms with E-state index < -0.39 is 5.54 Å². The standard InChI is InChI=1S/C14H19NO3S/c1-18-13(17)14(8-4-2-3-5-9-14)15-12(16)11-7-6-10-19-11/h6-7,10H,2-5,8-9H2,1H3,(H,15,16). The number of carbonyl (C=O) groups excluding carboxylic acids is 2. The van der Waals surface area contributed by atoms with E-state index in [-0.39, 0.29) is 11.9 Å². The van der Waals surface area contributed by atoms with Gasteiger partial charge in [-0.2, -0.15) is 0 Å². The van der Waals surface area contributed by atoms with E-state index in [1.807, 2.05) is 11.4 Å². The number of carbonyl (C=O) groups is 2. The fourth-order valence-electron chi connectivity index (χ4n) is 2.59. The number of methoxy groups -OCH3 is 1. The average Bonchev–Trinajstić information content (AvgIpc) is 2.86. The Morgan fingerprint density at radius 2 is 1.95 bits per heavy atom. The van der Waals surface area contributed by atoms with Gasteiger partial charge in [-0.3, -0.25) is 4.79 Å². The molecule has 19 heavy (non-hydrogen) atoms. The van der Waals surface area contributed by atoms with Gasteiger partial charge in [0.15, 0.2) is 0 Å². The van der Waals surface area contributed by atoms with Gasteiger partial charge in [0.2, 0.25) is 0 Å². The Morgan fingerprint density at radius 3 is 2.47 bits per heavy atom. The minimum Gasteiger partial charge on any atom is -0.467 e. The molecule has 1 aromatic heterocycles. The Labute approximate surface area is 117 Å². The first-order chi connectivity index (χ1) is 9.18. The maximum absolute atomic E-state index is 12.2. The molecule has 1 N–H and O–H groups in total. The summed E-state index contributed by atoms with van der Waals surface area (Å²) in [6.07, 6.45) is 5.43. The molecule has 0 aromatic carbocycles. The highest BCUT2D eigenvalue weighted by Gasteiger charge is 2.41. The first-order valence-corrected chi connectivity index (χ1v) is 7.50. The molecule has 1 aliphatic carbocycles. The van der Waals surface area contributed by atoms with E-state index in [2.05, 4.69) is 5.32 Å². The molecule has 1 amide bonds. The lowest BCUT2D eigenvalue weighted by atomic mass is 9.90. The predicted octanol–water partition coefficient (Wildman–Crippen LogP) is 2.74. The molecule has 1 fully saturated rings. The number of rotatable bonds is 3. The number of thiophene rings is 1. The van der Waals surface area contributed by atoms with Gasteiger partial charge in [0.05, 0.1) is 12.0 Å². The van der Waals surface area contributed by atoms with Crippen molar-refractivity contribution >= 4 is 23.2 Å². The zero-order chi connectivity index (χ0) is 13.7. The van der Waals surface area contributed by atoms with Gasteiger partial charge in [-0.15, -0.1) is 11.3 Å². The van der Waals surface area contributed by atoms with Gasteiger partial charge >= 0.3 is 5.97 Å². The summed E-state index contributed by atoms with van der Waals surface area (Å²) in [4.78, 5) is 24.9. The average molecular weight is 281 g/mol. The van der Waals surface area contributed by atoms with Crippen molar-refractivity contribution in [3.63, 3.8) is 0 Å². The van der Waals surface area contributed by atoms with E-state index >= 15 is 0 Å². The normalized spacial score (nSPS) is 18.4. The van der Waals surface area contributed by atoms with E-state index in [0.717, 1.165) is 25.7 Å². The van der Waals surface area contributed by atoms with Gasteiger partial charge in [-0.05, 0) is 24.3 Å². The van der Waals surface area contributed by atoms with E-state index in [1.54, 1.807) is 6.07 Å². The summed E-state index contributed by atoms with van der Waals surface area (Å²) in [5.74, 6) is -0.499. The monoisotopic (exact) mass is 281 g/mol. The van der Waals surface area contributed by atoms with Crippen LogP contribution >= 0.6 is 11.3 Å². The van der Waals surface area contributed by atoms with Crippen molar-refractivity contribution < 1.29 is 14.3 Å². The molecule has 0 spiro atoms. The summed E-state index contributed by atoms with van der Waals surface area (Å²) in [6, 6.07) is 3.60. The van der Waals surface area contributed by atoms with Crippen LogP contribution in [0.4, 0.5) is 0 Å². The number of ether oxygens (including phenoxy) is 1. The number of hydrogen-bond donors (Lipinski definition) is 1. The Hall–Kier alpha value is -1.36. The Balaban J connectivity index is 2.17. The third kappa shape index (κ3) is 3.15. The van der Waals surface area contributed by atoms with Gasteiger partial charge < -0.3 is 10.1 Å². The molecule has 104 valence electrons. The van der Waals surface area contributed by atoms with Gasteiger partial charge in [-0.1, -0.05) is 31.7 Å². The van der Waals surface area contributed by atoms with Crippen LogP contribution in [0.25, 0.3) is 0 Å². The van der Waals surface area contributed by atoms with Crippen molar-refractivity contribution in [2.45, 2.75) is 44.1 Å². The van der Waals surface area contributed by atoms with E-state index in [1.165, 1.54) is 18.4 Å². The van der Waals surface area contributed by atoms with E-state index in [0.29, 0.717) is 17.7 Å². The second-order valence-corrected chi connectivity index (χ2v) is 5.87. The Kier molecular flexibility index (Phi) is 4.58. The second-order valence-electron chi connectivity index (χ2n) is 4.92. The summed E-state index contributed by atoms with van der Waals surface area (Å²) in [5, 5.41) is 4.78. The summed E-state index contributed by atoms with van der Waals surface area (Å²) in [5.41, 5.74) is -0.841. The molecule has 0 unspecified atom stereocenters. The van der Waals surface area contributed by atoms with Crippen molar-refractivity contribution in [3.05, 3.63) is 22.4 Å². The highest BCUT2D eigenvalue weighted by atomic mass is 32.1. The van der Waals surface area contributed by atoms with Crippen LogP contribution in [0.15, 0.2) is 17.5 Å². The molecule has 0 saturated heterocycles. The lowest BCUT2D eigenvalue weighted by Gasteiger charge is -2.30. The summed E-state index contributed by atoms with van der Waals surface area (Å²) >= 11 is 1.38. The van der Waals surface area contributed by atoms with Crippen molar-refractivity contribution in [2.24, 2.45) is 0 Å². The Morgan fingerprint density at radius 1 is 1.26 bits per heavy atom. The second kappa shape index (κ2) is 6.19. The molecule has 0 atom stereocenters. The van der Waals surface area contributed by atoms with Crippen molar-refractivity contribution in [1.82, 2.24) is 5.32 Å². The number of amides is 1. The molecular formula is C14H19NO3S. The van der Waals surface area contributed by atoms with Crippen molar-refractivity contribution in [1.29, 1.82) is 0 Å². The molecule has 1 heterocycles. The topological polar surface area (TPSA) is 55.4 Å². The molecule has 4 nitrogen and oxygen atoms in total. The fraction of sp³-hybridized carbons (Fsp3) is 0.571. The fourth-order valence-corrected chi connectivity index (χ4v) is 3.21. The van der Waals surface area contributed by atoms with Gasteiger partial charge in [0.25, 0.3) is 5.91 Å². The largest absolute Gasteiger partial charge is 0.467 e. The van der Waals surface area contributed by atoms with Crippen LogP contribution in [-0.4, -0.2) is 24.5 Å². The minimum absolute atomic E-state index is 0.178. The first-order valence-electron chi connectivity index (χ1n) is 6.62. The van der Waals surface area contributed by atoms with E-state index in [4.69, 9.17) is 4.74 Å². The lowest BCUT2D eigenvalue weighted by Crippen LogP contribution is -2.54. The van der Waals surface area contributed by atoms with Gasteiger partial charge in [0.1, 0.15) is 5.54 Å². The van der Waals surface area contributed by atoms with Gasteiger partial charge in [-0.25, -0.2) is 4.79 Å². The van der Waals surface area contributed by atoms with Crippen LogP contribution in [-0.2, 0) is 9.53 Å². The smallest absolute Gasteiger partial charge is 0.331 e. The molecule has 2 rings (SSSR count). The molecule has 1 saturated carbocycles. The minimum atomic E-state index is -0.841.